The minimum Gasteiger partial charge on any atom is -0.354 e. The lowest BCUT2D eigenvalue weighted by molar-refractivity contribution is 0.573. The summed E-state index contributed by atoms with van der Waals surface area (Å²) in [6.45, 7) is 5.45. The van der Waals surface area contributed by atoms with Crippen molar-refractivity contribution in [2.45, 2.75) is 31.4 Å². The van der Waals surface area contributed by atoms with Gasteiger partial charge in [-0.25, -0.2) is 4.98 Å². The molecule has 0 unspecified atom stereocenters. The molecule has 0 radical (unpaired) electrons. The molecule has 0 saturated heterocycles. The van der Waals surface area contributed by atoms with Crippen LogP contribution < -0.4 is 5.32 Å². The molecule has 2 aromatic rings. The molecular weight excluding hydrogens is 242 g/mol. The van der Waals surface area contributed by atoms with Crippen LogP contribution in [0.3, 0.4) is 0 Å². The molecule has 18 heavy (non-hydrogen) atoms. The number of aromatic nitrogens is 2. The van der Waals surface area contributed by atoms with Crippen LogP contribution in [0.2, 0.25) is 0 Å². The van der Waals surface area contributed by atoms with Crippen molar-refractivity contribution >= 4 is 28.7 Å². The monoisotopic (exact) mass is 263 g/mol. The maximum absolute atomic E-state index is 4.54. The van der Waals surface area contributed by atoms with Gasteiger partial charge in [-0.1, -0.05) is 26.0 Å². The second-order valence-corrected chi connectivity index (χ2v) is 5.82. The third kappa shape index (κ3) is 2.64. The molecule has 2 N–H and O–H groups in total. The van der Waals surface area contributed by atoms with Gasteiger partial charge in [-0.05, 0) is 31.2 Å². The van der Waals surface area contributed by atoms with Crippen LogP contribution in [0.1, 0.15) is 26.7 Å². The van der Waals surface area contributed by atoms with Gasteiger partial charge in [-0.2, -0.15) is 11.8 Å². The fourth-order valence-corrected chi connectivity index (χ4v) is 2.94. The summed E-state index contributed by atoms with van der Waals surface area (Å²) >= 11 is 1.94. The van der Waals surface area contributed by atoms with Crippen LogP contribution in [-0.2, 0) is 0 Å². The number of rotatable bonds is 6. The Morgan fingerprint density at radius 3 is 2.61 bits per heavy atom. The number of aromatic amines is 1. The molecule has 1 aromatic carbocycles. The number of thioether (sulfide) groups is 1. The van der Waals surface area contributed by atoms with Crippen molar-refractivity contribution in [1.82, 2.24) is 9.97 Å². The molecule has 0 aliphatic carbocycles. The highest BCUT2D eigenvalue weighted by Gasteiger charge is 2.24. The predicted molar refractivity (Wildman–Crippen MR) is 81.4 cm³/mol. The number of anilines is 1. The van der Waals surface area contributed by atoms with Crippen molar-refractivity contribution in [1.29, 1.82) is 0 Å². The average molecular weight is 263 g/mol. The fraction of sp³-hybridized carbons (Fsp3) is 0.500. The number of para-hydroxylation sites is 2. The summed E-state index contributed by atoms with van der Waals surface area (Å²) in [5.74, 6) is 0.872. The van der Waals surface area contributed by atoms with Gasteiger partial charge in [0, 0.05) is 11.3 Å². The maximum Gasteiger partial charge on any atom is 0.201 e. The minimum atomic E-state index is 0.305. The third-order valence-corrected chi connectivity index (χ3v) is 5.28. The van der Waals surface area contributed by atoms with Crippen molar-refractivity contribution in [3.63, 3.8) is 0 Å². The van der Waals surface area contributed by atoms with E-state index in [2.05, 4.69) is 41.5 Å². The standard InChI is InChI=1S/C14H21N3S/c1-4-14(5-2,18-3)10-15-13-16-11-8-6-7-9-12(11)17-13/h6-9H,4-5,10H2,1-3H3,(H2,15,16,17). The van der Waals surface area contributed by atoms with Gasteiger partial charge in [0.15, 0.2) is 0 Å². The Kier molecular flexibility index (Phi) is 4.17. The van der Waals surface area contributed by atoms with E-state index >= 15 is 0 Å². The molecule has 1 aromatic heterocycles. The molecule has 0 bridgehead atoms. The highest BCUT2D eigenvalue weighted by molar-refractivity contribution is 8.00. The smallest absolute Gasteiger partial charge is 0.201 e. The first kappa shape index (κ1) is 13.3. The summed E-state index contributed by atoms with van der Waals surface area (Å²) in [6.07, 6.45) is 4.52. The van der Waals surface area contributed by atoms with Gasteiger partial charge in [0.25, 0.3) is 0 Å². The topological polar surface area (TPSA) is 40.7 Å². The SMILES string of the molecule is CCC(CC)(CNc1nc2ccccc2[nH]1)SC. The fourth-order valence-electron chi connectivity index (χ4n) is 2.14. The Hall–Kier alpha value is -1.16. The van der Waals surface area contributed by atoms with Crippen molar-refractivity contribution < 1.29 is 0 Å². The Morgan fingerprint density at radius 1 is 1.28 bits per heavy atom. The molecule has 98 valence electrons. The van der Waals surface area contributed by atoms with E-state index in [1.807, 2.05) is 30.0 Å². The van der Waals surface area contributed by atoms with Gasteiger partial charge in [0.2, 0.25) is 5.95 Å². The van der Waals surface area contributed by atoms with E-state index < -0.39 is 0 Å². The van der Waals surface area contributed by atoms with E-state index in [0.717, 1.165) is 36.4 Å². The highest BCUT2D eigenvalue weighted by atomic mass is 32.2. The minimum absolute atomic E-state index is 0.305. The molecule has 0 saturated carbocycles. The zero-order valence-electron chi connectivity index (χ0n) is 11.3. The molecule has 0 amide bonds. The van der Waals surface area contributed by atoms with Crippen molar-refractivity contribution in [2.24, 2.45) is 0 Å². The number of hydrogen-bond donors (Lipinski definition) is 2. The van der Waals surface area contributed by atoms with E-state index in [1.54, 1.807) is 0 Å². The van der Waals surface area contributed by atoms with Gasteiger partial charge in [0.1, 0.15) is 0 Å². The number of benzene rings is 1. The summed E-state index contributed by atoms with van der Waals surface area (Å²) in [6, 6.07) is 8.11. The van der Waals surface area contributed by atoms with Crippen LogP contribution in [-0.4, -0.2) is 27.5 Å². The normalized spacial score (nSPS) is 11.9. The lowest BCUT2D eigenvalue weighted by Gasteiger charge is -2.29. The van der Waals surface area contributed by atoms with Crippen molar-refractivity contribution in [3.05, 3.63) is 24.3 Å². The number of fused-ring (bicyclic) bond motifs is 1. The first-order valence-corrected chi connectivity index (χ1v) is 7.69. The number of hydrogen-bond acceptors (Lipinski definition) is 3. The molecule has 0 atom stereocenters. The number of nitrogens with zero attached hydrogens (tertiary/aromatic N) is 1. The molecule has 3 nitrogen and oxygen atoms in total. The summed E-state index contributed by atoms with van der Waals surface area (Å²) in [5, 5.41) is 3.44. The summed E-state index contributed by atoms with van der Waals surface area (Å²) < 4.78 is 0.305. The third-order valence-electron chi connectivity index (χ3n) is 3.69. The predicted octanol–water partition coefficient (Wildman–Crippen LogP) is 3.90. The first-order valence-electron chi connectivity index (χ1n) is 6.47. The summed E-state index contributed by atoms with van der Waals surface area (Å²) in [4.78, 5) is 7.85. The maximum atomic E-state index is 4.54. The lowest BCUT2D eigenvalue weighted by atomic mass is 10.0. The molecular formula is C14H21N3S. The van der Waals surface area contributed by atoms with Gasteiger partial charge >= 0.3 is 0 Å². The number of nitrogens with one attached hydrogen (secondary N) is 2. The Bertz CT molecular complexity index is 461. The molecule has 0 aliphatic rings. The molecule has 4 heteroatoms. The average Bonchev–Trinajstić information content (AvgIpc) is 2.84. The molecule has 0 aliphatic heterocycles. The van der Waals surface area contributed by atoms with Crippen LogP contribution in [0.5, 0.6) is 0 Å². The second-order valence-electron chi connectivity index (χ2n) is 4.55. The Balaban J connectivity index is 2.09. The van der Waals surface area contributed by atoms with E-state index in [-0.39, 0.29) is 0 Å². The Labute approximate surface area is 113 Å². The summed E-state index contributed by atoms with van der Waals surface area (Å²) in [7, 11) is 0. The highest BCUT2D eigenvalue weighted by Crippen LogP contribution is 2.30. The molecule has 1 heterocycles. The number of imidazole rings is 1. The van der Waals surface area contributed by atoms with Crippen LogP contribution in [0.15, 0.2) is 24.3 Å². The zero-order valence-corrected chi connectivity index (χ0v) is 12.1. The van der Waals surface area contributed by atoms with Crippen LogP contribution >= 0.6 is 11.8 Å². The second kappa shape index (κ2) is 5.65. The largest absolute Gasteiger partial charge is 0.354 e. The van der Waals surface area contributed by atoms with E-state index in [1.165, 1.54) is 0 Å². The van der Waals surface area contributed by atoms with Crippen molar-refractivity contribution in [2.75, 3.05) is 18.1 Å². The Morgan fingerprint density at radius 2 is 2.00 bits per heavy atom. The van der Waals surface area contributed by atoms with E-state index in [9.17, 15) is 0 Å². The van der Waals surface area contributed by atoms with Gasteiger partial charge in [0.05, 0.1) is 11.0 Å². The summed E-state index contributed by atoms with van der Waals surface area (Å²) in [5.41, 5.74) is 2.10. The zero-order chi connectivity index (χ0) is 13.0. The van der Waals surface area contributed by atoms with Gasteiger partial charge in [-0.3, -0.25) is 0 Å². The van der Waals surface area contributed by atoms with Crippen LogP contribution in [0.25, 0.3) is 11.0 Å². The van der Waals surface area contributed by atoms with E-state index in [0.29, 0.717) is 4.75 Å². The van der Waals surface area contributed by atoms with Gasteiger partial charge < -0.3 is 10.3 Å². The molecule has 0 fully saturated rings. The molecule has 2 rings (SSSR count). The quantitative estimate of drug-likeness (QED) is 0.830. The number of H-pyrrole nitrogens is 1. The lowest BCUT2D eigenvalue weighted by Crippen LogP contribution is -2.32. The van der Waals surface area contributed by atoms with Crippen molar-refractivity contribution in [3.8, 4) is 0 Å². The molecule has 0 spiro atoms. The van der Waals surface area contributed by atoms with Gasteiger partial charge in [-0.15, -0.1) is 0 Å². The van der Waals surface area contributed by atoms with E-state index in [4.69, 9.17) is 0 Å². The van der Waals surface area contributed by atoms with Crippen LogP contribution in [0.4, 0.5) is 5.95 Å². The van der Waals surface area contributed by atoms with Crippen LogP contribution in [0, 0.1) is 0 Å². The first-order chi connectivity index (χ1) is 8.73.